The first-order chi connectivity index (χ1) is 12.8. The smallest absolute Gasteiger partial charge is 0.312 e. The Morgan fingerprint density at radius 2 is 2.00 bits per heavy atom. The molecule has 5 nitrogen and oxygen atoms in total. The quantitative estimate of drug-likeness (QED) is 0.472. The lowest BCUT2D eigenvalue weighted by Gasteiger charge is -2.58. The van der Waals surface area contributed by atoms with Gasteiger partial charge >= 0.3 is 5.97 Å². The average molecular weight is 496 g/mol. The molecule has 2 heterocycles. The van der Waals surface area contributed by atoms with Crippen LogP contribution in [0.25, 0.3) is 5.65 Å². The molecule has 2 atom stereocenters. The Labute approximate surface area is 173 Å². The molecular weight excluding hydrogens is 476 g/mol. The summed E-state index contributed by atoms with van der Waals surface area (Å²) < 4.78 is 8.10. The first kappa shape index (κ1) is 17.9. The van der Waals surface area contributed by atoms with E-state index in [1.165, 1.54) is 29.7 Å². The molecule has 7 heteroatoms. The highest BCUT2D eigenvalue weighted by molar-refractivity contribution is 9.10. The van der Waals surface area contributed by atoms with Gasteiger partial charge in [0.2, 0.25) is 0 Å². The van der Waals surface area contributed by atoms with Crippen molar-refractivity contribution in [3.8, 4) is 0 Å². The molecule has 0 aliphatic heterocycles. The molecule has 0 N–H and O–H groups in total. The number of alkyl halides is 1. The van der Waals surface area contributed by atoms with Gasteiger partial charge in [0.05, 0.1) is 11.1 Å². The number of carbonyl (C=O) groups is 1. The van der Waals surface area contributed by atoms with E-state index >= 15 is 0 Å². The number of ether oxygens (including phenoxy) is 1. The number of rotatable bonds is 3. The molecule has 4 fully saturated rings. The van der Waals surface area contributed by atoms with Gasteiger partial charge in [-0.25, -0.2) is 4.98 Å². The van der Waals surface area contributed by atoms with E-state index in [-0.39, 0.29) is 27.9 Å². The third kappa shape index (κ3) is 3.07. The Balaban J connectivity index is 1.36. The third-order valence-electron chi connectivity index (χ3n) is 6.45. The average Bonchev–Trinajstić information content (AvgIpc) is 2.58. The molecule has 0 amide bonds. The summed E-state index contributed by atoms with van der Waals surface area (Å²) in [5.74, 6) is 1.14. The second-order valence-corrected chi connectivity index (χ2v) is 11.2. The fraction of sp³-hybridized carbons (Fsp3) is 0.550. The minimum absolute atomic E-state index is 0.0486. The summed E-state index contributed by atoms with van der Waals surface area (Å²) >= 11 is 7.29. The maximum absolute atomic E-state index is 13.0. The predicted molar refractivity (Wildman–Crippen MR) is 108 cm³/mol. The zero-order chi connectivity index (χ0) is 18.8. The van der Waals surface area contributed by atoms with Gasteiger partial charge in [0.1, 0.15) is 12.3 Å². The SMILES string of the molecule is O=C(OCc1cc(=O)n2cc(Br)ccc2n1)C12CC3CC(CC(Br)(C3)C1)C2. The van der Waals surface area contributed by atoms with E-state index in [2.05, 4.69) is 36.8 Å². The predicted octanol–water partition coefficient (Wildman–Crippen LogP) is 4.23. The van der Waals surface area contributed by atoms with E-state index in [0.29, 0.717) is 23.2 Å². The lowest BCUT2D eigenvalue weighted by Crippen LogP contribution is -2.56. The van der Waals surface area contributed by atoms with Crippen LogP contribution in [-0.2, 0) is 16.1 Å². The lowest BCUT2D eigenvalue weighted by atomic mass is 9.49. The van der Waals surface area contributed by atoms with Gasteiger partial charge in [-0.2, -0.15) is 0 Å². The van der Waals surface area contributed by atoms with Gasteiger partial charge in [-0.3, -0.25) is 14.0 Å². The first-order valence-electron chi connectivity index (χ1n) is 9.38. The molecule has 0 saturated heterocycles. The molecule has 0 spiro atoms. The van der Waals surface area contributed by atoms with Crippen LogP contribution in [-0.4, -0.2) is 19.7 Å². The number of aromatic nitrogens is 2. The molecule has 27 heavy (non-hydrogen) atoms. The Morgan fingerprint density at radius 1 is 1.26 bits per heavy atom. The Bertz CT molecular complexity index is 988. The second kappa shape index (κ2) is 6.14. The van der Waals surface area contributed by atoms with E-state index in [9.17, 15) is 9.59 Å². The molecule has 4 aliphatic rings. The largest absolute Gasteiger partial charge is 0.459 e. The molecule has 0 radical (unpaired) electrons. The number of pyridine rings is 1. The number of hydrogen-bond acceptors (Lipinski definition) is 4. The van der Waals surface area contributed by atoms with Gasteiger partial charge in [-0.05, 0) is 78.4 Å². The number of carbonyl (C=O) groups excluding carboxylic acids is 1. The summed E-state index contributed by atoms with van der Waals surface area (Å²) in [6.07, 6.45) is 8.04. The van der Waals surface area contributed by atoms with Crippen molar-refractivity contribution in [2.75, 3.05) is 0 Å². The highest BCUT2D eigenvalue weighted by atomic mass is 79.9. The Hall–Kier alpha value is -1.21. The van der Waals surface area contributed by atoms with E-state index < -0.39 is 0 Å². The Morgan fingerprint density at radius 3 is 2.70 bits per heavy atom. The van der Waals surface area contributed by atoms with Crippen molar-refractivity contribution < 1.29 is 9.53 Å². The van der Waals surface area contributed by atoms with E-state index in [0.717, 1.165) is 23.7 Å². The molecule has 4 aliphatic carbocycles. The minimum Gasteiger partial charge on any atom is -0.459 e. The molecule has 6 rings (SSSR count). The summed E-state index contributed by atoms with van der Waals surface area (Å²) in [6, 6.07) is 5.05. The van der Waals surface area contributed by atoms with Crippen molar-refractivity contribution in [1.29, 1.82) is 0 Å². The first-order valence-corrected chi connectivity index (χ1v) is 11.0. The topological polar surface area (TPSA) is 60.7 Å². The molecule has 2 aromatic heterocycles. The molecule has 0 aromatic carbocycles. The molecule has 2 unspecified atom stereocenters. The summed E-state index contributed by atoms with van der Waals surface area (Å²) in [5.41, 5.74) is 0.506. The highest BCUT2D eigenvalue weighted by Gasteiger charge is 2.60. The number of nitrogens with zero attached hydrogens (tertiary/aromatic N) is 2. The number of halogens is 2. The standard InChI is InChI=1S/C20H20Br2N2O3/c21-14-1-2-16-23-15(4-17(25)24(16)9-14)10-27-18(26)19-5-12-3-13(6-19)8-20(22,7-12)11-19/h1-2,4,9,12-13H,3,5-8,10-11H2. The third-order valence-corrected chi connectivity index (χ3v) is 7.85. The summed E-state index contributed by atoms with van der Waals surface area (Å²) in [6.45, 7) is 0.0486. The molecule has 4 saturated carbocycles. The monoisotopic (exact) mass is 494 g/mol. The van der Waals surface area contributed by atoms with Crippen LogP contribution in [0.2, 0.25) is 0 Å². The van der Waals surface area contributed by atoms with E-state index in [1.54, 1.807) is 12.3 Å². The van der Waals surface area contributed by atoms with Crippen molar-refractivity contribution in [2.24, 2.45) is 17.3 Å². The molecule has 4 bridgehead atoms. The fourth-order valence-corrected chi connectivity index (χ4v) is 7.67. The maximum Gasteiger partial charge on any atom is 0.312 e. The number of fused-ring (bicyclic) bond motifs is 1. The van der Waals surface area contributed by atoms with Crippen molar-refractivity contribution in [2.45, 2.75) is 49.5 Å². The van der Waals surface area contributed by atoms with Crippen LogP contribution in [0.4, 0.5) is 0 Å². The van der Waals surface area contributed by atoms with Crippen molar-refractivity contribution in [3.05, 3.63) is 44.9 Å². The van der Waals surface area contributed by atoms with Crippen LogP contribution in [0.3, 0.4) is 0 Å². The van der Waals surface area contributed by atoms with Crippen molar-refractivity contribution in [1.82, 2.24) is 9.38 Å². The number of hydrogen-bond donors (Lipinski definition) is 0. The highest BCUT2D eigenvalue weighted by Crippen LogP contribution is 2.64. The van der Waals surface area contributed by atoms with Crippen LogP contribution < -0.4 is 5.56 Å². The Kier molecular flexibility index (Phi) is 4.06. The lowest BCUT2D eigenvalue weighted by molar-refractivity contribution is -0.171. The van der Waals surface area contributed by atoms with Gasteiger partial charge < -0.3 is 4.74 Å². The normalized spacial score (nSPS) is 34.1. The second-order valence-electron chi connectivity index (χ2n) is 8.63. The van der Waals surface area contributed by atoms with E-state index in [1.807, 2.05) is 6.07 Å². The van der Waals surface area contributed by atoms with Crippen LogP contribution in [0.15, 0.2) is 33.7 Å². The molecule has 2 aromatic rings. The molecule has 142 valence electrons. The van der Waals surface area contributed by atoms with Crippen LogP contribution in [0.5, 0.6) is 0 Å². The van der Waals surface area contributed by atoms with Crippen molar-refractivity contribution >= 4 is 43.5 Å². The molecular formula is C20H20Br2N2O3. The zero-order valence-electron chi connectivity index (χ0n) is 14.8. The fourth-order valence-electron chi connectivity index (χ4n) is 5.88. The number of esters is 1. The zero-order valence-corrected chi connectivity index (χ0v) is 18.0. The minimum atomic E-state index is -0.357. The van der Waals surface area contributed by atoms with Crippen LogP contribution in [0, 0.1) is 17.3 Å². The summed E-state index contributed by atoms with van der Waals surface area (Å²) in [5, 5.41) is 0. The van der Waals surface area contributed by atoms with Gasteiger partial charge in [-0.1, -0.05) is 15.9 Å². The summed E-state index contributed by atoms with van der Waals surface area (Å²) in [4.78, 5) is 29.8. The van der Waals surface area contributed by atoms with Crippen LogP contribution >= 0.6 is 31.9 Å². The van der Waals surface area contributed by atoms with E-state index in [4.69, 9.17) is 4.74 Å². The van der Waals surface area contributed by atoms with Crippen LogP contribution in [0.1, 0.15) is 44.2 Å². The maximum atomic E-state index is 13.0. The van der Waals surface area contributed by atoms with Gasteiger partial charge in [0, 0.05) is 21.1 Å². The van der Waals surface area contributed by atoms with Gasteiger partial charge in [-0.15, -0.1) is 0 Å². The summed E-state index contributed by atoms with van der Waals surface area (Å²) in [7, 11) is 0. The van der Waals surface area contributed by atoms with Crippen molar-refractivity contribution in [3.63, 3.8) is 0 Å². The van der Waals surface area contributed by atoms with Gasteiger partial charge in [0.25, 0.3) is 5.56 Å². The van der Waals surface area contributed by atoms with Gasteiger partial charge in [0.15, 0.2) is 0 Å².